The number of hydrogen-bond acceptors (Lipinski definition) is 3. The van der Waals surface area contributed by atoms with Crippen molar-refractivity contribution >= 4 is 18.0 Å². The number of carbonyl (C=O) groups excluding carboxylic acids is 1. The van der Waals surface area contributed by atoms with Crippen molar-refractivity contribution in [3.63, 3.8) is 0 Å². The molecule has 0 saturated carbocycles. The highest BCUT2D eigenvalue weighted by Crippen LogP contribution is 2.04. The Labute approximate surface area is 112 Å². The van der Waals surface area contributed by atoms with Crippen LogP contribution in [0.1, 0.15) is 33.1 Å². The highest BCUT2D eigenvalue weighted by Gasteiger charge is 2.22. The number of urea groups is 1. The maximum atomic E-state index is 11.8. The maximum Gasteiger partial charge on any atom is 0.326 e. The van der Waals surface area contributed by atoms with Gasteiger partial charge in [-0.05, 0) is 12.3 Å². The summed E-state index contributed by atoms with van der Waals surface area (Å²) in [7, 11) is 1.58. The molecule has 0 aliphatic carbocycles. The second-order valence-corrected chi connectivity index (χ2v) is 4.67. The minimum Gasteiger partial charge on any atom is -0.481 e. The van der Waals surface area contributed by atoms with Crippen LogP contribution in [0.15, 0.2) is 0 Å². The molecule has 3 N–H and O–H groups in total. The third-order valence-corrected chi connectivity index (χ3v) is 2.87. The quantitative estimate of drug-likeness (QED) is 0.612. The van der Waals surface area contributed by atoms with Gasteiger partial charge in [0.2, 0.25) is 0 Å². The van der Waals surface area contributed by atoms with E-state index in [0.29, 0.717) is 12.5 Å². The van der Waals surface area contributed by atoms with Crippen molar-refractivity contribution in [2.45, 2.75) is 39.2 Å². The molecular formula is C12H22N2O5. The maximum absolute atomic E-state index is 11.8. The van der Waals surface area contributed by atoms with E-state index in [1.165, 1.54) is 4.90 Å². The summed E-state index contributed by atoms with van der Waals surface area (Å²) in [5, 5.41) is 19.8. The van der Waals surface area contributed by atoms with Crippen LogP contribution in [-0.4, -0.2) is 52.7 Å². The first-order valence-corrected chi connectivity index (χ1v) is 6.24. The van der Waals surface area contributed by atoms with Gasteiger partial charge < -0.3 is 20.4 Å². The van der Waals surface area contributed by atoms with E-state index in [4.69, 9.17) is 10.2 Å². The van der Waals surface area contributed by atoms with Gasteiger partial charge in [0.15, 0.2) is 0 Å². The largest absolute Gasteiger partial charge is 0.481 e. The van der Waals surface area contributed by atoms with Gasteiger partial charge >= 0.3 is 18.0 Å². The van der Waals surface area contributed by atoms with Crippen LogP contribution in [0.5, 0.6) is 0 Å². The lowest BCUT2D eigenvalue weighted by atomic mass is 10.1. The standard InChI is InChI=1S/C12H22N2O5/c1-4-8(2)7-14(3)12(19)13-9(11(17)18)5-6-10(15)16/h8-9H,4-7H2,1-3H3,(H,13,19)(H,15,16)(H,17,18)/t8?,9-/m0/s1. The second-order valence-electron chi connectivity index (χ2n) is 4.67. The molecule has 2 atom stereocenters. The predicted octanol–water partition coefficient (Wildman–Crippen LogP) is 0.992. The van der Waals surface area contributed by atoms with E-state index < -0.39 is 24.0 Å². The lowest BCUT2D eigenvalue weighted by Crippen LogP contribution is -2.47. The molecule has 0 rings (SSSR count). The normalized spacial score (nSPS) is 13.4. The van der Waals surface area contributed by atoms with Gasteiger partial charge in [0, 0.05) is 20.0 Å². The molecule has 0 aromatic rings. The number of carboxylic acids is 2. The van der Waals surface area contributed by atoms with Crippen molar-refractivity contribution in [1.82, 2.24) is 10.2 Å². The molecule has 0 radical (unpaired) electrons. The number of nitrogens with zero attached hydrogens (tertiary/aromatic N) is 1. The Balaban J connectivity index is 4.37. The first-order valence-electron chi connectivity index (χ1n) is 6.24. The number of carboxylic acid groups (broad SMARTS) is 2. The van der Waals surface area contributed by atoms with E-state index >= 15 is 0 Å². The fraction of sp³-hybridized carbons (Fsp3) is 0.750. The Bertz CT molecular complexity index is 332. The minimum atomic E-state index is -1.23. The van der Waals surface area contributed by atoms with Crippen molar-refractivity contribution in [2.75, 3.05) is 13.6 Å². The van der Waals surface area contributed by atoms with Gasteiger partial charge in [0.1, 0.15) is 6.04 Å². The van der Waals surface area contributed by atoms with Gasteiger partial charge in [-0.3, -0.25) is 4.79 Å². The Morgan fingerprint density at radius 2 is 1.84 bits per heavy atom. The first kappa shape index (κ1) is 17.2. The summed E-state index contributed by atoms with van der Waals surface area (Å²) in [5.41, 5.74) is 0. The highest BCUT2D eigenvalue weighted by molar-refractivity contribution is 5.82. The molecule has 0 aromatic carbocycles. The molecule has 7 heteroatoms. The van der Waals surface area contributed by atoms with Gasteiger partial charge in [-0.2, -0.15) is 0 Å². The molecule has 0 aliphatic rings. The SMILES string of the molecule is CCC(C)CN(C)C(=O)N[C@@H](CCC(=O)O)C(=O)O. The van der Waals surface area contributed by atoms with Crippen LogP contribution < -0.4 is 5.32 Å². The fourth-order valence-corrected chi connectivity index (χ4v) is 1.46. The minimum absolute atomic E-state index is 0.131. The molecule has 0 bridgehead atoms. The molecule has 1 unspecified atom stereocenters. The third kappa shape index (κ3) is 7.28. The third-order valence-electron chi connectivity index (χ3n) is 2.87. The Hall–Kier alpha value is -1.79. The number of aliphatic carboxylic acids is 2. The molecule has 0 heterocycles. The fourth-order valence-electron chi connectivity index (χ4n) is 1.46. The summed E-state index contributed by atoms with van der Waals surface area (Å²) in [6.07, 6.45) is 0.485. The number of rotatable bonds is 8. The molecule has 0 aliphatic heterocycles. The van der Waals surface area contributed by atoms with Gasteiger partial charge in [0.25, 0.3) is 0 Å². The number of nitrogens with one attached hydrogen (secondary N) is 1. The molecule has 7 nitrogen and oxygen atoms in total. The zero-order valence-electron chi connectivity index (χ0n) is 11.5. The molecule has 2 amide bonds. The number of amides is 2. The zero-order chi connectivity index (χ0) is 15.0. The average Bonchev–Trinajstić information content (AvgIpc) is 2.32. The van der Waals surface area contributed by atoms with E-state index in [1.54, 1.807) is 7.05 Å². The van der Waals surface area contributed by atoms with E-state index in [-0.39, 0.29) is 12.8 Å². The monoisotopic (exact) mass is 274 g/mol. The van der Waals surface area contributed by atoms with Gasteiger partial charge in [-0.25, -0.2) is 9.59 Å². The van der Waals surface area contributed by atoms with Gasteiger partial charge in [-0.1, -0.05) is 20.3 Å². The first-order chi connectivity index (χ1) is 8.77. The summed E-state index contributed by atoms with van der Waals surface area (Å²) in [6.45, 7) is 4.51. The Kier molecular flexibility index (Phi) is 7.55. The van der Waals surface area contributed by atoms with Crippen molar-refractivity contribution < 1.29 is 24.6 Å². The molecule has 0 fully saturated rings. The highest BCUT2D eigenvalue weighted by atomic mass is 16.4. The molecule has 0 saturated heterocycles. The molecular weight excluding hydrogens is 252 g/mol. The lowest BCUT2D eigenvalue weighted by molar-refractivity contribution is -0.140. The summed E-state index contributed by atoms with van der Waals surface area (Å²) in [6, 6.07) is -1.68. The average molecular weight is 274 g/mol. The van der Waals surface area contributed by atoms with Crippen molar-refractivity contribution in [3.8, 4) is 0 Å². The van der Waals surface area contributed by atoms with E-state index in [2.05, 4.69) is 5.32 Å². The smallest absolute Gasteiger partial charge is 0.326 e. The van der Waals surface area contributed by atoms with Crippen molar-refractivity contribution in [3.05, 3.63) is 0 Å². The summed E-state index contributed by atoms with van der Waals surface area (Å²) >= 11 is 0. The van der Waals surface area contributed by atoms with Crippen LogP contribution in [0.2, 0.25) is 0 Å². The summed E-state index contributed by atoms with van der Waals surface area (Å²) in [4.78, 5) is 34.5. The number of carbonyl (C=O) groups is 3. The van der Waals surface area contributed by atoms with Gasteiger partial charge in [0.05, 0.1) is 0 Å². The van der Waals surface area contributed by atoms with E-state index in [9.17, 15) is 14.4 Å². The van der Waals surface area contributed by atoms with Crippen molar-refractivity contribution in [2.24, 2.45) is 5.92 Å². The molecule has 110 valence electrons. The van der Waals surface area contributed by atoms with Crippen LogP contribution >= 0.6 is 0 Å². The van der Waals surface area contributed by atoms with Crippen molar-refractivity contribution in [1.29, 1.82) is 0 Å². The summed E-state index contributed by atoms with van der Waals surface area (Å²) < 4.78 is 0. The Morgan fingerprint density at radius 1 is 1.26 bits per heavy atom. The molecule has 0 spiro atoms. The lowest BCUT2D eigenvalue weighted by Gasteiger charge is -2.23. The van der Waals surface area contributed by atoms with Crippen LogP contribution in [0.4, 0.5) is 4.79 Å². The zero-order valence-corrected chi connectivity index (χ0v) is 11.5. The Morgan fingerprint density at radius 3 is 2.26 bits per heavy atom. The van der Waals surface area contributed by atoms with E-state index in [1.807, 2.05) is 13.8 Å². The van der Waals surface area contributed by atoms with Gasteiger partial charge in [-0.15, -0.1) is 0 Å². The molecule has 19 heavy (non-hydrogen) atoms. The van der Waals surface area contributed by atoms with Crippen LogP contribution in [0, 0.1) is 5.92 Å². The summed E-state index contributed by atoms with van der Waals surface area (Å²) in [5.74, 6) is -2.00. The van der Waals surface area contributed by atoms with E-state index in [0.717, 1.165) is 6.42 Å². The molecule has 0 aromatic heterocycles. The van der Waals surface area contributed by atoms with Crippen LogP contribution in [0.3, 0.4) is 0 Å². The topological polar surface area (TPSA) is 107 Å². The predicted molar refractivity (Wildman–Crippen MR) is 68.9 cm³/mol. The van der Waals surface area contributed by atoms with Crippen LogP contribution in [0.25, 0.3) is 0 Å². The second kappa shape index (κ2) is 8.34. The van der Waals surface area contributed by atoms with Crippen LogP contribution in [-0.2, 0) is 9.59 Å². The number of hydrogen-bond donors (Lipinski definition) is 3.